The van der Waals surface area contributed by atoms with Crippen LogP contribution in [0.3, 0.4) is 0 Å². The van der Waals surface area contributed by atoms with Crippen molar-refractivity contribution in [2.75, 3.05) is 30.8 Å². The number of carbonyl (C=O) groups excluding carboxylic acids is 5. The Bertz CT molecular complexity index is 1760. The molecule has 2 aliphatic rings. The van der Waals surface area contributed by atoms with Gasteiger partial charge in [0, 0.05) is 36.4 Å². The van der Waals surface area contributed by atoms with Crippen LogP contribution >= 0.6 is 0 Å². The first-order valence-electron chi connectivity index (χ1n) is 16.9. The van der Waals surface area contributed by atoms with E-state index in [2.05, 4.69) is 30.7 Å². The number of carbonyl (C=O) groups is 5. The number of hydrogen-bond acceptors (Lipinski definition) is 9. The number of pyridine rings is 2. The molecule has 0 aliphatic carbocycles. The number of methoxy groups -OCH3 is 1. The molecular weight excluding hydrogens is 642 g/mol. The molecular formula is C36H45N7O7. The van der Waals surface area contributed by atoms with Crippen LogP contribution in [0.15, 0.2) is 48.8 Å². The molecule has 0 unspecified atom stereocenters. The molecule has 0 spiro atoms. The predicted octanol–water partition coefficient (Wildman–Crippen LogP) is 4.94. The molecule has 14 heteroatoms. The zero-order valence-corrected chi connectivity index (χ0v) is 29.3. The van der Waals surface area contributed by atoms with Gasteiger partial charge in [0.15, 0.2) is 0 Å². The van der Waals surface area contributed by atoms with E-state index in [0.29, 0.717) is 50.4 Å². The van der Waals surface area contributed by atoms with Gasteiger partial charge in [0.05, 0.1) is 7.11 Å². The molecule has 2 saturated heterocycles. The van der Waals surface area contributed by atoms with E-state index >= 15 is 0 Å². The van der Waals surface area contributed by atoms with Crippen molar-refractivity contribution in [3.8, 4) is 11.1 Å². The number of aromatic nitrogens is 2. The van der Waals surface area contributed by atoms with Crippen LogP contribution in [0.5, 0.6) is 0 Å². The average molecular weight is 688 g/mol. The Kier molecular flexibility index (Phi) is 10.9. The number of rotatable bonds is 8. The smallest absolute Gasteiger partial charge is 0.410 e. The first-order valence-corrected chi connectivity index (χ1v) is 16.9. The van der Waals surface area contributed by atoms with E-state index in [-0.39, 0.29) is 23.6 Å². The number of nitrogens with zero attached hydrogens (tertiary/aromatic N) is 4. The maximum absolute atomic E-state index is 13.3. The fourth-order valence-electron chi connectivity index (χ4n) is 6.21. The molecule has 2 aromatic heterocycles. The summed E-state index contributed by atoms with van der Waals surface area (Å²) in [6.07, 6.45) is 4.52. The molecule has 4 heterocycles. The summed E-state index contributed by atoms with van der Waals surface area (Å²) in [5.74, 6) is -0.495. The minimum Gasteiger partial charge on any atom is -0.453 e. The predicted molar refractivity (Wildman–Crippen MR) is 187 cm³/mol. The normalized spacial score (nSPS) is 18.1. The van der Waals surface area contributed by atoms with Gasteiger partial charge in [0.1, 0.15) is 35.4 Å². The number of anilines is 2. The van der Waals surface area contributed by atoms with Gasteiger partial charge < -0.3 is 30.3 Å². The highest BCUT2D eigenvalue weighted by Crippen LogP contribution is 2.28. The van der Waals surface area contributed by atoms with Crippen molar-refractivity contribution in [2.45, 2.75) is 84.0 Å². The van der Waals surface area contributed by atoms with Crippen molar-refractivity contribution in [1.29, 1.82) is 0 Å². The zero-order chi connectivity index (χ0) is 36.2. The molecule has 3 aromatic rings. The topological polar surface area (TPSA) is 172 Å². The Morgan fingerprint density at radius 3 is 2.04 bits per heavy atom. The first-order chi connectivity index (χ1) is 23.7. The van der Waals surface area contributed by atoms with Gasteiger partial charge in [-0.05, 0) is 87.6 Å². The second-order valence-corrected chi connectivity index (χ2v) is 13.9. The molecule has 1 aromatic carbocycles. The van der Waals surface area contributed by atoms with Gasteiger partial charge in [-0.3, -0.25) is 19.3 Å². The standard InChI is InChI=1S/C36H45N7O7/c1-21(2)30(41-34(47)49-6)33(46)42-15-7-9-26(42)31(44)39-28-14-13-23(19-37-28)22-11-12-24-20-38-29(18-25(24)17-22)40-32(45)27-10-8-16-43(27)35(48)50-36(3,4)5/h11-14,17-21,26-27,30H,7-10,15-16H2,1-6H3,(H,41,47)(H,37,39,44)(H,38,40,45)/t26-,27-,30-/m0/s1. The number of ether oxygens (including phenoxy) is 2. The Morgan fingerprint density at radius 2 is 1.42 bits per heavy atom. The van der Waals surface area contributed by atoms with Gasteiger partial charge >= 0.3 is 12.2 Å². The van der Waals surface area contributed by atoms with E-state index in [9.17, 15) is 24.0 Å². The lowest BCUT2D eigenvalue weighted by molar-refractivity contribution is -0.139. The molecule has 50 heavy (non-hydrogen) atoms. The Hall–Kier alpha value is -5.27. The molecule has 0 saturated carbocycles. The van der Waals surface area contributed by atoms with E-state index in [1.54, 1.807) is 45.3 Å². The van der Waals surface area contributed by atoms with Crippen LogP contribution in [-0.2, 0) is 23.9 Å². The maximum Gasteiger partial charge on any atom is 0.410 e. The summed E-state index contributed by atoms with van der Waals surface area (Å²) in [4.78, 5) is 76.2. The molecule has 3 atom stereocenters. The minimum atomic E-state index is -0.819. The molecule has 3 N–H and O–H groups in total. The lowest BCUT2D eigenvalue weighted by Crippen LogP contribution is -2.54. The van der Waals surface area contributed by atoms with Crippen LogP contribution in [0, 0.1) is 5.92 Å². The van der Waals surface area contributed by atoms with Crippen LogP contribution in [0.25, 0.3) is 21.9 Å². The number of benzene rings is 1. The number of likely N-dealkylation sites (tertiary alicyclic amines) is 2. The highest BCUT2D eigenvalue weighted by atomic mass is 16.6. The fourth-order valence-corrected chi connectivity index (χ4v) is 6.21. The first kappa shape index (κ1) is 36.0. The van der Waals surface area contributed by atoms with Crippen LogP contribution in [-0.4, -0.2) is 93.6 Å². The van der Waals surface area contributed by atoms with E-state index in [1.165, 1.54) is 16.9 Å². The van der Waals surface area contributed by atoms with Crippen molar-refractivity contribution < 1.29 is 33.4 Å². The molecule has 2 aliphatic heterocycles. The molecule has 14 nitrogen and oxygen atoms in total. The minimum absolute atomic E-state index is 0.203. The Morgan fingerprint density at radius 1 is 0.800 bits per heavy atom. The SMILES string of the molecule is COC(=O)N[C@H](C(=O)N1CCC[C@H]1C(=O)Nc1ccc(-c2ccc3cnc(NC(=O)[C@@H]4CCCN4C(=O)OC(C)(C)C)cc3c2)cn1)C(C)C. The van der Waals surface area contributed by atoms with Crippen molar-refractivity contribution in [3.05, 3.63) is 48.8 Å². The van der Waals surface area contributed by atoms with E-state index in [0.717, 1.165) is 21.9 Å². The van der Waals surface area contributed by atoms with Gasteiger partial charge in [0.2, 0.25) is 17.7 Å². The lowest BCUT2D eigenvalue weighted by Gasteiger charge is -2.30. The summed E-state index contributed by atoms with van der Waals surface area (Å²) in [6.45, 7) is 9.86. The molecule has 0 bridgehead atoms. The van der Waals surface area contributed by atoms with Crippen molar-refractivity contribution in [3.63, 3.8) is 0 Å². The average Bonchev–Trinajstić information content (AvgIpc) is 3.77. The van der Waals surface area contributed by atoms with Crippen molar-refractivity contribution in [2.24, 2.45) is 5.92 Å². The summed E-state index contributed by atoms with van der Waals surface area (Å²) >= 11 is 0. The van der Waals surface area contributed by atoms with Gasteiger partial charge in [0.25, 0.3) is 0 Å². The number of amides is 5. The molecule has 0 radical (unpaired) electrons. The monoisotopic (exact) mass is 687 g/mol. The van der Waals surface area contributed by atoms with E-state index < -0.39 is 35.9 Å². The molecule has 2 fully saturated rings. The molecule has 266 valence electrons. The largest absolute Gasteiger partial charge is 0.453 e. The third kappa shape index (κ3) is 8.47. The van der Waals surface area contributed by atoms with Gasteiger partial charge in [-0.1, -0.05) is 26.0 Å². The summed E-state index contributed by atoms with van der Waals surface area (Å²) < 4.78 is 10.2. The molecule has 5 amide bonds. The zero-order valence-electron chi connectivity index (χ0n) is 29.3. The fraction of sp³-hybridized carbons (Fsp3) is 0.472. The van der Waals surface area contributed by atoms with E-state index in [1.807, 2.05) is 38.1 Å². The van der Waals surface area contributed by atoms with Crippen molar-refractivity contribution >= 4 is 52.3 Å². The highest BCUT2D eigenvalue weighted by Gasteiger charge is 2.39. The van der Waals surface area contributed by atoms with Gasteiger partial charge in [-0.25, -0.2) is 19.6 Å². The summed E-state index contributed by atoms with van der Waals surface area (Å²) in [5, 5.41) is 9.99. The second-order valence-electron chi connectivity index (χ2n) is 13.9. The second kappa shape index (κ2) is 15.1. The maximum atomic E-state index is 13.3. The number of alkyl carbamates (subject to hydrolysis) is 1. The van der Waals surface area contributed by atoms with Crippen LogP contribution < -0.4 is 16.0 Å². The van der Waals surface area contributed by atoms with Gasteiger partial charge in [-0.2, -0.15) is 0 Å². The third-order valence-electron chi connectivity index (χ3n) is 8.73. The number of nitrogens with one attached hydrogen (secondary N) is 3. The summed E-state index contributed by atoms with van der Waals surface area (Å²) in [6, 6.07) is 8.98. The highest BCUT2D eigenvalue weighted by molar-refractivity contribution is 5.99. The van der Waals surface area contributed by atoms with Gasteiger partial charge in [-0.15, -0.1) is 0 Å². The third-order valence-corrected chi connectivity index (χ3v) is 8.73. The van der Waals surface area contributed by atoms with Crippen LogP contribution in [0.1, 0.15) is 60.3 Å². The van der Waals surface area contributed by atoms with Crippen LogP contribution in [0.2, 0.25) is 0 Å². The lowest BCUT2D eigenvalue weighted by atomic mass is 10.0. The molecule has 5 rings (SSSR count). The van der Waals surface area contributed by atoms with Crippen molar-refractivity contribution in [1.82, 2.24) is 25.1 Å². The Balaban J connectivity index is 1.24. The summed E-state index contributed by atoms with van der Waals surface area (Å²) in [5.41, 5.74) is 1.01. The quantitative estimate of drug-likeness (QED) is 0.296. The van der Waals surface area contributed by atoms with Crippen LogP contribution in [0.4, 0.5) is 21.2 Å². The summed E-state index contributed by atoms with van der Waals surface area (Å²) in [7, 11) is 1.23. The number of hydrogen-bond donors (Lipinski definition) is 3. The number of fused-ring (bicyclic) bond motifs is 1. The Labute approximate surface area is 291 Å². The van der Waals surface area contributed by atoms with E-state index in [4.69, 9.17) is 4.74 Å².